The number of nitrogens with zero attached hydrogens (tertiary/aromatic N) is 2. The van der Waals surface area contributed by atoms with Crippen molar-refractivity contribution >= 4 is 27.3 Å². The molecule has 1 amide bonds. The number of hydrogen-bond donors (Lipinski definition) is 0. The number of carbonyl (C=O) groups excluding carboxylic acids is 1. The highest BCUT2D eigenvalue weighted by atomic mass is 32.2. The summed E-state index contributed by atoms with van der Waals surface area (Å²) in [6.07, 6.45) is 3.42. The first kappa shape index (κ1) is 17.1. The molecule has 116 valence electrons. The van der Waals surface area contributed by atoms with Crippen LogP contribution < -0.4 is 4.31 Å². The Kier molecular flexibility index (Phi) is 5.83. The van der Waals surface area contributed by atoms with Gasteiger partial charge >= 0.3 is 0 Å². The Hall–Kier alpha value is -1.96. The normalized spacial score (nSPS) is 11.1. The van der Waals surface area contributed by atoms with E-state index in [0.29, 0.717) is 10.7 Å². The van der Waals surface area contributed by atoms with Gasteiger partial charge in [-0.05, 0) is 18.6 Å². The van der Waals surface area contributed by atoms with E-state index in [1.807, 2.05) is 6.92 Å². The molecule has 0 N–H and O–H groups in total. The molecule has 0 bridgehead atoms. The minimum atomic E-state index is -3.77. The van der Waals surface area contributed by atoms with E-state index in [4.69, 9.17) is 0 Å². The number of unbranched alkanes of at least 4 members (excludes halogenated alkanes) is 2. The first-order chi connectivity index (χ1) is 9.77. The van der Waals surface area contributed by atoms with E-state index in [2.05, 4.69) is 0 Å². The first-order valence-electron chi connectivity index (χ1n) is 6.55. The summed E-state index contributed by atoms with van der Waals surface area (Å²) in [5, 5.41) is 10.6. The number of amides is 1. The number of carbonyl (C=O) groups is 1. The highest BCUT2D eigenvalue weighted by Gasteiger charge is 2.25. The fourth-order valence-corrected chi connectivity index (χ4v) is 2.82. The summed E-state index contributed by atoms with van der Waals surface area (Å²) in [7, 11) is -3.77. The molecular formula is C13H18N2O5S. The second kappa shape index (κ2) is 7.16. The Morgan fingerprint density at radius 2 is 1.81 bits per heavy atom. The number of rotatable bonds is 7. The SMILES string of the molecule is CCCCCC(=O)N(c1ccc([N+](=O)[O-])cc1)S(C)(=O)=O. The lowest BCUT2D eigenvalue weighted by Gasteiger charge is -2.20. The van der Waals surface area contributed by atoms with Crippen molar-refractivity contribution in [1.29, 1.82) is 0 Å². The van der Waals surface area contributed by atoms with Crippen LogP contribution in [0.2, 0.25) is 0 Å². The summed E-state index contributed by atoms with van der Waals surface area (Å²) >= 11 is 0. The summed E-state index contributed by atoms with van der Waals surface area (Å²) in [5.41, 5.74) is -0.0461. The van der Waals surface area contributed by atoms with Gasteiger partial charge in [-0.2, -0.15) is 0 Å². The van der Waals surface area contributed by atoms with Gasteiger partial charge < -0.3 is 0 Å². The summed E-state index contributed by atoms with van der Waals surface area (Å²) < 4.78 is 24.3. The summed E-state index contributed by atoms with van der Waals surface area (Å²) in [4.78, 5) is 22.1. The second-order valence-corrected chi connectivity index (χ2v) is 6.48. The molecule has 0 saturated carbocycles. The molecule has 0 aliphatic rings. The molecule has 0 aliphatic heterocycles. The predicted octanol–water partition coefficient (Wildman–Crippen LogP) is 2.47. The van der Waals surface area contributed by atoms with Crippen molar-refractivity contribution in [2.24, 2.45) is 0 Å². The molecule has 0 aliphatic carbocycles. The molecule has 0 fully saturated rings. The molecule has 0 aromatic heterocycles. The maximum Gasteiger partial charge on any atom is 0.269 e. The van der Waals surface area contributed by atoms with Crippen LogP contribution in [-0.4, -0.2) is 25.5 Å². The molecule has 1 aromatic rings. The first-order valence-corrected chi connectivity index (χ1v) is 8.39. The number of anilines is 1. The van der Waals surface area contributed by atoms with Crippen LogP contribution in [-0.2, 0) is 14.8 Å². The molecule has 0 heterocycles. The Morgan fingerprint density at radius 3 is 2.24 bits per heavy atom. The van der Waals surface area contributed by atoms with Crippen molar-refractivity contribution in [2.45, 2.75) is 32.6 Å². The lowest BCUT2D eigenvalue weighted by atomic mass is 10.2. The van der Waals surface area contributed by atoms with E-state index in [0.717, 1.165) is 19.1 Å². The van der Waals surface area contributed by atoms with Crippen molar-refractivity contribution < 1.29 is 18.1 Å². The van der Waals surface area contributed by atoms with E-state index in [1.165, 1.54) is 24.3 Å². The van der Waals surface area contributed by atoms with E-state index >= 15 is 0 Å². The summed E-state index contributed by atoms with van der Waals surface area (Å²) in [6, 6.07) is 4.87. The van der Waals surface area contributed by atoms with Crippen LogP contribution in [0.3, 0.4) is 0 Å². The van der Waals surface area contributed by atoms with Crippen molar-refractivity contribution in [1.82, 2.24) is 0 Å². The van der Waals surface area contributed by atoms with E-state index in [1.54, 1.807) is 0 Å². The zero-order valence-electron chi connectivity index (χ0n) is 12.0. The van der Waals surface area contributed by atoms with Crippen LogP contribution in [0.1, 0.15) is 32.6 Å². The van der Waals surface area contributed by atoms with Gasteiger partial charge in [0.1, 0.15) is 0 Å². The monoisotopic (exact) mass is 314 g/mol. The average Bonchev–Trinajstić information content (AvgIpc) is 2.38. The number of nitro benzene ring substituents is 1. The topological polar surface area (TPSA) is 97.6 Å². The molecule has 0 atom stereocenters. The molecule has 0 radical (unpaired) electrons. The quantitative estimate of drug-likeness (QED) is 0.437. The Morgan fingerprint density at radius 1 is 1.24 bits per heavy atom. The highest BCUT2D eigenvalue weighted by molar-refractivity contribution is 7.92. The molecule has 7 nitrogen and oxygen atoms in total. The standard InChI is InChI=1S/C13H18N2O5S/c1-3-4-5-6-13(16)14(21(2,19)20)11-7-9-12(10-8-11)15(17)18/h7-10H,3-6H2,1-2H3. The maximum absolute atomic E-state index is 12.1. The van der Waals surface area contributed by atoms with Gasteiger partial charge in [-0.3, -0.25) is 14.9 Å². The van der Waals surface area contributed by atoms with Gasteiger partial charge in [-0.15, -0.1) is 0 Å². The van der Waals surface area contributed by atoms with Gasteiger partial charge in [0.15, 0.2) is 0 Å². The van der Waals surface area contributed by atoms with Gasteiger partial charge in [-0.25, -0.2) is 12.7 Å². The van der Waals surface area contributed by atoms with Crippen molar-refractivity contribution in [3.8, 4) is 0 Å². The molecule has 8 heteroatoms. The van der Waals surface area contributed by atoms with Crippen LogP contribution in [0.25, 0.3) is 0 Å². The minimum Gasteiger partial charge on any atom is -0.273 e. The van der Waals surface area contributed by atoms with Gasteiger partial charge in [0.2, 0.25) is 15.9 Å². The van der Waals surface area contributed by atoms with Crippen LogP contribution in [0, 0.1) is 10.1 Å². The fraction of sp³-hybridized carbons (Fsp3) is 0.462. The molecule has 0 saturated heterocycles. The van der Waals surface area contributed by atoms with Crippen LogP contribution in [0.4, 0.5) is 11.4 Å². The highest BCUT2D eigenvalue weighted by Crippen LogP contribution is 2.22. The Labute approximate surface area is 123 Å². The number of sulfonamides is 1. The lowest BCUT2D eigenvalue weighted by molar-refractivity contribution is -0.384. The Balaban J connectivity index is 3.03. The van der Waals surface area contributed by atoms with E-state index in [-0.39, 0.29) is 17.8 Å². The van der Waals surface area contributed by atoms with Gasteiger partial charge in [0.05, 0.1) is 16.9 Å². The molecule has 1 aromatic carbocycles. The number of benzene rings is 1. The Bertz CT molecular complexity index is 610. The maximum atomic E-state index is 12.1. The number of non-ortho nitro benzene ring substituents is 1. The molecule has 1 rings (SSSR count). The zero-order chi connectivity index (χ0) is 16.0. The summed E-state index contributed by atoms with van der Waals surface area (Å²) in [5.74, 6) is -0.528. The lowest BCUT2D eigenvalue weighted by Crippen LogP contribution is -2.36. The third-order valence-corrected chi connectivity index (χ3v) is 3.93. The molecule has 21 heavy (non-hydrogen) atoms. The average molecular weight is 314 g/mol. The minimum absolute atomic E-state index is 0.115. The third-order valence-electron chi connectivity index (χ3n) is 2.85. The summed E-state index contributed by atoms with van der Waals surface area (Å²) in [6.45, 7) is 1.98. The number of nitro groups is 1. The van der Waals surface area contributed by atoms with Crippen LogP contribution in [0.5, 0.6) is 0 Å². The zero-order valence-corrected chi connectivity index (χ0v) is 12.8. The van der Waals surface area contributed by atoms with Crippen LogP contribution >= 0.6 is 0 Å². The molecule has 0 unspecified atom stereocenters. The van der Waals surface area contributed by atoms with Gasteiger partial charge in [0.25, 0.3) is 5.69 Å². The fourth-order valence-electron chi connectivity index (χ4n) is 1.86. The second-order valence-electron chi connectivity index (χ2n) is 4.65. The van der Waals surface area contributed by atoms with E-state index < -0.39 is 20.9 Å². The largest absolute Gasteiger partial charge is 0.273 e. The molecular weight excluding hydrogens is 296 g/mol. The third kappa shape index (κ3) is 4.82. The van der Waals surface area contributed by atoms with E-state index in [9.17, 15) is 23.3 Å². The number of hydrogen-bond acceptors (Lipinski definition) is 5. The predicted molar refractivity (Wildman–Crippen MR) is 79.6 cm³/mol. The van der Waals surface area contributed by atoms with Crippen molar-refractivity contribution in [3.05, 3.63) is 34.4 Å². The molecule has 0 spiro atoms. The van der Waals surface area contributed by atoms with Gasteiger partial charge in [-0.1, -0.05) is 19.8 Å². The van der Waals surface area contributed by atoms with Crippen molar-refractivity contribution in [3.63, 3.8) is 0 Å². The smallest absolute Gasteiger partial charge is 0.269 e. The van der Waals surface area contributed by atoms with Crippen molar-refractivity contribution in [2.75, 3.05) is 10.6 Å². The van der Waals surface area contributed by atoms with Gasteiger partial charge in [0, 0.05) is 18.6 Å². The van der Waals surface area contributed by atoms with Crippen LogP contribution in [0.15, 0.2) is 24.3 Å².